The molecule has 4 rings (SSSR count). The van der Waals surface area contributed by atoms with Gasteiger partial charge in [0, 0.05) is 18.7 Å². The average Bonchev–Trinajstić information content (AvgIpc) is 3.37. The molecule has 1 amide bonds. The van der Waals surface area contributed by atoms with Crippen LogP contribution in [0.3, 0.4) is 0 Å². The molecule has 0 spiro atoms. The molecule has 0 N–H and O–H groups in total. The minimum Gasteiger partial charge on any atom is -0.339 e. The van der Waals surface area contributed by atoms with Crippen LogP contribution >= 0.6 is 11.3 Å². The Kier molecular flexibility index (Phi) is 5.21. The lowest BCUT2D eigenvalue weighted by Crippen LogP contribution is -2.37. The highest BCUT2D eigenvalue weighted by molar-refractivity contribution is 7.13. The molecular weight excluding hydrogens is 399 g/mol. The van der Waals surface area contributed by atoms with Crippen molar-refractivity contribution < 1.29 is 18.0 Å². The topological polar surface area (TPSA) is 38.1 Å². The number of alkyl halides is 3. The molecule has 0 radical (unpaired) electrons. The second kappa shape index (κ2) is 7.67. The highest BCUT2D eigenvalue weighted by atomic mass is 32.1. The van der Waals surface area contributed by atoms with Gasteiger partial charge in [0.05, 0.1) is 16.3 Å². The van der Waals surface area contributed by atoms with Gasteiger partial charge in [-0.15, -0.1) is 11.3 Å². The molecule has 3 aromatic rings. The van der Waals surface area contributed by atoms with Gasteiger partial charge in [-0.1, -0.05) is 13.0 Å². The summed E-state index contributed by atoms with van der Waals surface area (Å²) in [6, 6.07) is 11.2. The van der Waals surface area contributed by atoms with Crippen molar-refractivity contribution in [2.75, 3.05) is 13.1 Å². The monoisotopic (exact) mass is 419 g/mol. The number of halogens is 3. The summed E-state index contributed by atoms with van der Waals surface area (Å²) in [6.45, 7) is 3.65. The molecule has 29 heavy (non-hydrogen) atoms. The second-order valence-electron chi connectivity index (χ2n) is 7.32. The van der Waals surface area contributed by atoms with Crippen LogP contribution in [-0.2, 0) is 6.18 Å². The lowest BCUT2D eigenvalue weighted by molar-refractivity contribution is -0.141. The number of nitrogens with zero attached hydrogens (tertiary/aromatic N) is 3. The zero-order chi connectivity index (χ0) is 20.6. The largest absolute Gasteiger partial charge is 0.435 e. The van der Waals surface area contributed by atoms with Crippen molar-refractivity contribution in [2.45, 2.75) is 25.9 Å². The van der Waals surface area contributed by atoms with E-state index in [1.54, 1.807) is 41.8 Å². The van der Waals surface area contributed by atoms with Crippen molar-refractivity contribution in [1.82, 2.24) is 14.7 Å². The number of hydrogen-bond acceptors (Lipinski definition) is 3. The van der Waals surface area contributed by atoms with Crippen LogP contribution in [0.25, 0.3) is 16.3 Å². The molecular formula is C21H20F3N3OS. The summed E-state index contributed by atoms with van der Waals surface area (Å²) in [5.74, 6) is 0.582. The van der Waals surface area contributed by atoms with Gasteiger partial charge in [-0.2, -0.15) is 18.3 Å². The number of carbonyl (C=O) groups excluding carboxylic acids is 1. The number of piperidine rings is 1. The van der Waals surface area contributed by atoms with Gasteiger partial charge in [-0.25, -0.2) is 4.68 Å². The smallest absolute Gasteiger partial charge is 0.339 e. The number of aromatic nitrogens is 2. The molecule has 0 atom stereocenters. The van der Waals surface area contributed by atoms with Gasteiger partial charge < -0.3 is 4.90 Å². The van der Waals surface area contributed by atoms with Crippen LogP contribution in [0.5, 0.6) is 0 Å². The van der Waals surface area contributed by atoms with Crippen LogP contribution in [0.15, 0.2) is 47.8 Å². The van der Waals surface area contributed by atoms with E-state index in [0.717, 1.165) is 32.0 Å². The van der Waals surface area contributed by atoms with Crippen molar-refractivity contribution >= 4 is 17.2 Å². The first-order valence-corrected chi connectivity index (χ1v) is 10.3. The van der Waals surface area contributed by atoms with Crippen molar-refractivity contribution in [3.63, 3.8) is 0 Å². The summed E-state index contributed by atoms with van der Waals surface area (Å²) >= 11 is 1.35. The fourth-order valence-corrected chi connectivity index (χ4v) is 4.18. The minimum atomic E-state index is -4.53. The first-order valence-electron chi connectivity index (χ1n) is 9.44. The van der Waals surface area contributed by atoms with Crippen LogP contribution in [0.4, 0.5) is 13.2 Å². The first kappa shape index (κ1) is 19.7. The van der Waals surface area contributed by atoms with E-state index in [1.807, 2.05) is 4.90 Å². The maximum atomic E-state index is 13.2. The van der Waals surface area contributed by atoms with Gasteiger partial charge in [0.25, 0.3) is 5.91 Å². The van der Waals surface area contributed by atoms with E-state index in [0.29, 0.717) is 27.7 Å². The molecule has 8 heteroatoms. The number of benzene rings is 1. The number of amides is 1. The zero-order valence-electron chi connectivity index (χ0n) is 15.8. The Morgan fingerprint density at radius 1 is 1.14 bits per heavy atom. The predicted molar refractivity (Wildman–Crippen MR) is 106 cm³/mol. The Morgan fingerprint density at radius 3 is 2.41 bits per heavy atom. The normalized spacial score (nSPS) is 15.7. The van der Waals surface area contributed by atoms with E-state index < -0.39 is 11.9 Å². The van der Waals surface area contributed by atoms with E-state index >= 15 is 0 Å². The maximum absolute atomic E-state index is 13.2. The Balaban J connectivity index is 1.64. The van der Waals surface area contributed by atoms with E-state index in [9.17, 15) is 18.0 Å². The quantitative estimate of drug-likeness (QED) is 0.563. The molecule has 1 aliphatic rings. The lowest BCUT2D eigenvalue weighted by atomic mass is 9.98. The molecule has 152 valence electrons. The van der Waals surface area contributed by atoms with E-state index in [2.05, 4.69) is 12.0 Å². The van der Waals surface area contributed by atoms with Gasteiger partial charge in [0.15, 0.2) is 5.69 Å². The van der Waals surface area contributed by atoms with Crippen LogP contribution in [0.1, 0.15) is 35.8 Å². The Bertz CT molecular complexity index is 985. The predicted octanol–water partition coefficient (Wildman–Crippen LogP) is 5.49. The fraction of sp³-hybridized carbons (Fsp3) is 0.333. The third-order valence-corrected chi connectivity index (χ3v) is 6.10. The number of rotatable bonds is 3. The molecule has 2 aromatic heterocycles. The molecule has 1 saturated heterocycles. The first-order chi connectivity index (χ1) is 13.8. The summed E-state index contributed by atoms with van der Waals surface area (Å²) in [5, 5.41) is 5.59. The van der Waals surface area contributed by atoms with Crippen molar-refractivity contribution in [1.29, 1.82) is 0 Å². The molecule has 1 aliphatic heterocycles. The highest BCUT2D eigenvalue weighted by Crippen LogP contribution is 2.34. The van der Waals surface area contributed by atoms with E-state index in [4.69, 9.17) is 0 Å². The van der Waals surface area contributed by atoms with Gasteiger partial charge >= 0.3 is 6.18 Å². The molecule has 0 bridgehead atoms. The number of carbonyl (C=O) groups is 1. The van der Waals surface area contributed by atoms with Gasteiger partial charge in [-0.3, -0.25) is 4.79 Å². The Hall–Kier alpha value is -2.61. The Labute approximate surface area is 170 Å². The molecule has 3 heterocycles. The zero-order valence-corrected chi connectivity index (χ0v) is 16.6. The van der Waals surface area contributed by atoms with Gasteiger partial charge in [0.1, 0.15) is 0 Å². The van der Waals surface area contributed by atoms with Crippen LogP contribution < -0.4 is 0 Å². The van der Waals surface area contributed by atoms with Crippen molar-refractivity contribution in [3.8, 4) is 16.3 Å². The molecule has 0 unspecified atom stereocenters. The molecule has 1 fully saturated rings. The number of thiophene rings is 1. The van der Waals surface area contributed by atoms with Crippen LogP contribution in [0.2, 0.25) is 0 Å². The summed E-state index contributed by atoms with van der Waals surface area (Å²) in [4.78, 5) is 15.2. The maximum Gasteiger partial charge on any atom is 0.435 e. The summed E-state index contributed by atoms with van der Waals surface area (Å²) in [7, 11) is 0. The molecule has 0 saturated carbocycles. The average molecular weight is 419 g/mol. The standard InChI is InChI=1S/C21H20F3N3OS/c1-14-8-10-26(11-9-14)20(28)15-4-6-16(7-5-15)27-17(18-3-2-12-29-18)13-19(25-27)21(22,23)24/h2-7,12-14H,8-11H2,1H3. The second-order valence-corrected chi connectivity index (χ2v) is 8.27. The third-order valence-electron chi connectivity index (χ3n) is 5.20. The lowest BCUT2D eigenvalue weighted by Gasteiger charge is -2.30. The molecule has 1 aromatic carbocycles. The van der Waals surface area contributed by atoms with E-state index in [1.165, 1.54) is 16.0 Å². The Morgan fingerprint density at radius 2 is 1.83 bits per heavy atom. The fourth-order valence-electron chi connectivity index (χ4n) is 3.46. The number of hydrogen-bond donors (Lipinski definition) is 0. The summed E-state index contributed by atoms with van der Waals surface area (Å²) in [5.41, 5.74) is 0.441. The SMILES string of the molecule is CC1CCN(C(=O)c2ccc(-n3nc(C(F)(F)F)cc3-c3cccs3)cc2)CC1. The third kappa shape index (κ3) is 4.07. The molecule has 4 nitrogen and oxygen atoms in total. The highest BCUT2D eigenvalue weighted by Gasteiger charge is 2.35. The minimum absolute atomic E-state index is 0.0432. The summed E-state index contributed by atoms with van der Waals surface area (Å²) in [6.07, 6.45) is -2.55. The van der Waals surface area contributed by atoms with Crippen LogP contribution in [-0.4, -0.2) is 33.7 Å². The van der Waals surface area contributed by atoms with Crippen molar-refractivity contribution in [3.05, 3.63) is 59.1 Å². The van der Waals surface area contributed by atoms with Crippen molar-refractivity contribution in [2.24, 2.45) is 5.92 Å². The summed E-state index contributed by atoms with van der Waals surface area (Å²) < 4.78 is 40.9. The van der Waals surface area contributed by atoms with Crippen LogP contribution in [0, 0.1) is 5.92 Å². The van der Waals surface area contributed by atoms with Gasteiger partial charge in [-0.05, 0) is 60.5 Å². The van der Waals surface area contributed by atoms with Gasteiger partial charge in [0.2, 0.25) is 0 Å². The number of likely N-dealkylation sites (tertiary alicyclic amines) is 1. The van der Waals surface area contributed by atoms with E-state index in [-0.39, 0.29) is 5.91 Å². The molecule has 0 aliphatic carbocycles.